The van der Waals surface area contributed by atoms with E-state index in [1.54, 1.807) is 10.5 Å². The topological polar surface area (TPSA) is 91.8 Å². The SMILES string of the molecule is O=c1cc(CSc2nnc(-c3ccc4c(c3)OCO4)o2)nc2scc(-c3ccccc3)n12. The molecule has 2 aromatic carbocycles. The van der Waals surface area contributed by atoms with Gasteiger partial charge in [-0.25, -0.2) is 4.98 Å². The van der Waals surface area contributed by atoms with E-state index in [1.165, 1.54) is 23.1 Å². The average Bonchev–Trinajstić information content (AvgIpc) is 3.57. The Balaban J connectivity index is 1.22. The van der Waals surface area contributed by atoms with E-state index in [4.69, 9.17) is 13.9 Å². The third-order valence-corrected chi connectivity index (χ3v) is 6.57. The van der Waals surface area contributed by atoms with E-state index in [9.17, 15) is 4.79 Å². The minimum Gasteiger partial charge on any atom is -0.454 e. The van der Waals surface area contributed by atoms with Gasteiger partial charge >= 0.3 is 0 Å². The van der Waals surface area contributed by atoms with E-state index in [0.717, 1.165) is 16.8 Å². The van der Waals surface area contributed by atoms with Crippen LogP contribution in [0, 0.1) is 0 Å². The molecule has 0 atom stereocenters. The molecule has 0 radical (unpaired) electrons. The van der Waals surface area contributed by atoms with E-state index in [1.807, 2.05) is 53.9 Å². The van der Waals surface area contributed by atoms with Crippen molar-refractivity contribution in [3.8, 4) is 34.2 Å². The van der Waals surface area contributed by atoms with Crippen molar-refractivity contribution in [2.75, 3.05) is 6.79 Å². The number of thioether (sulfide) groups is 1. The normalized spacial score (nSPS) is 12.5. The summed E-state index contributed by atoms with van der Waals surface area (Å²) < 4.78 is 18.1. The first-order valence-electron chi connectivity index (χ1n) is 9.66. The van der Waals surface area contributed by atoms with Crippen molar-refractivity contribution in [2.24, 2.45) is 0 Å². The lowest BCUT2D eigenvalue weighted by Crippen LogP contribution is -2.14. The average molecular weight is 463 g/mol. The van der Waals surface area contributed by atoms with Crippen LogP contribution in [0.2, 0.25) is 0 Å². The van der Waals surface area contributed by atoms with Gasteiger partial charge in [-0.15, -0.1) is 21.5 Å². The quantitative estimate of drug-likeness (QED) is 0.353. The molecule has 0 saturated heterocycles. The van der Waals surface area contributed by atoms with E-state index < -0.39 is 0 Å². The second-order valence-electron chi connectivity index (χ2n) is 6.92. The summed E-state index contributed by atoms with van der Waals surface area (Å²) in [6.07, 6.45) is 0. The van der Waals surface area contributed by atoms with Gasteiger partial charge in [-0.3, -0.25) is 9.20 Å². The van der Waals surface area contributed by atoms with Crippen LogP contribution < -0.4 is 15.0 Å². The molecule has 5 aromatic rings. The summed E-state index contributed by atoms with van der Waals surface area (Å²) in [6, 6.07) is 16.8. The largest absolute Gasteiger partial charge is 0.454 e. The lowest BCUT2D eigenvalue weighted by Gasteiger charge is -2.03. The highest BCUT2D eigenvalue weighted by Gasteiger charge is 2.17. The fourth-order valence-corrected chi connectivity index (χ4v) is 4.98. The van der Waals surface area contributed by atoms with Gasteiger partial charge in [0.2, 0.25) is 12.7 Å². The Morgan fingerprint density at radius 1 is 1.00 bits per heavy atom. The molecule has 0 fully saturated rings. The molecule has 158 valence electrons. The molecule has 0 bridgehead atoms. The molecule has 6 rings (SSSR count). The highest BCUT2D eigenvalue weighted by Crippen LogP contribution is 2.36. The molecule has 0 spiro atoms. The standard InChI is InChI=1S/C22H14N4O4S2/c27-19-9-15(23-21-26(19)16(11-31-21)13-4-2-1-3-5-13)10-32-22-25-24-20(30-22)14-6-7-17-18(8-14)29-12-28-17/h1-9,11H,10,12H2. The molecule has 0 N–H and O–H groups in total. The van der Waals surface area contributed by atoms with Gasteiger partial charge < -0.3 is 13.9 Å². The summed E-state index contributed by atoms with van der Waals surface area (Å²) in [5.74, 6) is 2.17. The van der Waals surface area contributed by atoms with Crippen LogP contribution in [0.1, 0.15) is 5.69 Å². The molecular formula is C22H14N4O4S2. The summed E-state index contributed by atoms with van der Waals surface area (Å²) in [5.41, 5.74) is 3.11. The van der Waals surface area contributed by atoms with E-state index >= 15 is 0 Å². The predicted octanol–water partition coefficient (Wildman–Crippen LogP) is 4.49. The Labute approximate surface area is 189 Å². The third-order valence-electron chi connectivity index (χ3n) is 4.90. The zero-order valence-electron chi connectivity index (χ0n) is 16.4. The number of fused-ring (bicyclic) bond motifs is 2. The lowest BCUT2D eigenvalue weighted by atomic mass is 10.2. The van der Waals surface area contributed by atoms with Crippen LogP contribution in [-0.4, -0.2) is 26.4 Å². The summed E-state index contributed by atoms with van der Waals surface area (Å²) in [4.78, 5) is 18.1. The van der Waals surface area contributed by atoms with Gasteiger partial charge in [0.1, 0.15) is 0 Å². The van der Waals surface area contributed by atoms with Gasteiger partial charge in [-0.1, -0.05) is 42.1 Å². The molecule has 3 aromatic heterocycles. The number of benzene rings is 2. The van der Waals surface area contributed by atoms with E-state index in [2.05, 4.69) is 15.2 Å². The highest BCUT2D eigenvalue weighted by molar-refractivity contribution is 7.98. The Bertz CT molecular complexity index is 1490. The molecule has 0 saturated carbocycles. The number of rotatable bonds is 5. The first-order valence-corrected chi connectivity index (χ1v) is 11.5. The minimum atomic E-state index is -0.114. The number of hydrogen-bond donors (Lipinski definition) is 0. The maximum absolute atomic E-state index is 12.8. The molecule has 0 aliphatic carbocycles. The summed E-state index contributed by atoms with van der Waals surface area (Å²) in [7, 11) is 0. The Morgan fingerprint density at radius 3 is 2.78 bits per heavy atom. The summed E-state index contributed by atoms with van der Waals surface area (Å²) >= 11 is 2.77. The van der Waals surface area contributed by atoms with Crippen LogP contribution in [-0.2, 0) is 5.75 Å². The number of nitrogens with zero attached hydrogens (tertiary/aromatic N) is 4. The van der Waals surface area contributed by atoms with Gasteiger partial charge in [0.05, 0.1) is 11.4 Å². The van der Waals surface area contributed by atoms with E-state index in [0.29, 0.717) is 39.0 Å². The van der Waals surface area contributed by atoms with Gasteiger partial charge in [0.15, 0.2) is 16.5 Å². The van der Waals surface area contributed by atoms with Crippen LogP contribution in [0.3, 0.4) is 0 Å². The van der Waals surface area contributed by atoms with E-state index in [-0.39, 0.29) is 12.4 Å². The third kappa shape index (κ3) is 3.43. The minimum absolute atomic E-state index is 0.114. The van der Waals surface area contributed by atoms with Gasteiger partial charge in [0.25, 0.3) is 10.8 Å². The molecule has 1 aliphatic rings. The van der Waals surface area contributed by atoms with Crippen molar-refractivity contribution in [2.45, 2.75) is 11.0 Å². The number of aromatic nitrogens is 4. The van der Waals surface area contributed by atoms with Gasteiger partial charge in [-0.05, 0) is 23.8 Å². The summed E-state index contributed by atoms with van der Waals surface area (Å²) in [6.45, 7) is 0.206. The molecule has 1 aliphatic heterocycles. The maximum atomic E-state index is 12.8. The smallest absolute Gasteiger partial charge is 0.277 e. The Hall–Kier alpha value is -3.63. The van der Waals surface area contributed by atoms with Crippen molar-refractivity contribution < 1.29 is 13.9 Å². The maximum Gasteiger partial charge on any atom is 0.277 e. The Kier molecular flexibility index (Phi) is 4.66. The number of ether oxygens (including phenoxy) is 2. The molecule has 0 amide bonds. The number of thiazole rings is 1. The second kappa shape index (κ2) is 7.81. The molecule has 4 heterocycles. The molecule has 0 unspecified atom stereocenters. The van der Waals surface area contributed by atoms with Gasteiger partial charge in [-0.2, -0.15) is 0 Å². The van der Waals surface area contributed by atoms with Crippen molar-refractivity contribution in [1.29, 1.82) is 0 Å². The van der Waals surface area contributed by atoms with Crippen LogP contribution in [0.5, 0.6) is 11.5 Å². The predicted molar refractivity (Wildman–Crippen MR) is 120 cm³/mol. The summed E-state index contributed by atoms with van der Waals surface area (Å²) in [5, 5.41) is 10.6. The monoisotopic (exact) mass is 462 g/mol. The number of hydrogen-bond acceptors (Lipinski definition) is 9. The fraction of sp³-hybridized carbons (Fsp3) is 0.0909. The zero-order valence-corrected chi connectivity index (χ0v) is 18.1. The van der Waals surface area contributed by atoms with Crippen molar-refractivity contribution in [1.82, 2.24) is 19.6 Å². The van der Waals surface area contributed by atoms with Crippen molar-refractivity contribution in [3.05, 3.63) is 76.0 Å². The lowest BCUT2D eigenvalue weighted by molar-refractivity contribution is 0.174. The van der Waals surface area contributed by atoms with Gasteiger partial charge in [0, 0.05) is 22.8 Å². The molecule has 32 heavy (non-hydrogen) atoms. The zero-order chi connectivity index (χ0) is 21.5. The highest BCUT2D eigenvalue weighted by atomic mass is 32.2. The van der Waals surface area contributed by atoms with Crippen LogP contribution >= 0.6 is 23.1 Å². The van der Waals surface area contributed by atoms with Crippen LogP contribution in [0.15, 0.2) is 74.4 Å². The molecule has 8 nitrogen and oxygen atoms in total. The second-order valence-corrected chi connectivity index (χ2v) is 8.68. The Morgan fingerprint density at radius 2 is 1.88 bits per heavy atom. The fourth-order valence-electron chi connectivity index (χ4n) is 3.40. The van der Waals surface area contributed by atoms with Crippen LogP contribution in [0.4, 0.5) is 0 Å². The van der Waals surface area contributed by atoms with Crippen molar-refractivity contribution in [3.63, 3.8) is 0 Å². The van der Waals surface area contributed by atoms with Crippen molar-refractivity contribution >= 4 is 28.1 Å². The molecule has 10 heteroatoms. The molecular weight excluding hydrogens is 448 g/mol. The first-order chi connectivity index (χ1) is 15.7. The van der Waals surface area contributed by atoms with Crippen LogP contribution in [0.25, 0.3) is 27.7 Å². The first kappa shape index (κ1) is 19.1.